The molecule has 1 aromatic carbocycles. The third-order valence-corrected chi connectivity index (χ3v) is 3.23. The van der Waals surface area contributed by atoms with Gasteiger partial charge in [-0.3, -0.25) is 0 Å². The van der Waals surface area contributed by atoms with Crippen molar-refractivity contribution in [2.75, 3.05) is 18.5 Å². The zero-order chi connectivity index (χ0) is 16.5. The average molecular weight is 308 g/mol. The van der Waals surface area contributed by atoms with Gasteiger partial charge in [0.25, 0.3) is 0 Å². The van der Waals surface area contributed by atoms with Crippen molar-refractivity contribution in [3.63, 3.8) is 0 Å². The van der Waals surface area contributed by atoms with Crippen molar-refractivity contribution in [2.24, 2.45) is 5.92 Å². The van der Waals surface area contributed by atoms with Crippen LogP contribution in [0.3, 0.4) is 0 Å². The van der Waals surface area contributed by atoms with Crippen LogP contribution >= 0.6 is 0 Å². The fraction of sp³-hybridized carbons (Fsp3) is 0.588. The Balaban J connectivity index is 2.60. The minimum atomic E-state index is -0.301. The van der Waals surface area contributed by atoms with Crippen LogP contribution in [0.5, 0.6) is 5.75 Å². The van der Waals surface area contributed by atoms with Gasteiger partial charge >= 0.3 is 6.03 Å². The summed E-state index contributed by atoms with van der Waals surface area (Å²) in [6.07, 6.45) is 1.70. The molecule has 22 heavy (non-hydrogen) atoms. The molecule has 1 aromatic rings. The van der Waals surface area contributed by atoms with Crippen molar-refractivity contribution >= 4 is 11.7 Å². The number of urea groups is 1. The van der Waals surface area contributed by atoms with Gasteiger partial charge in [-0.05, 0) is 49.4 Å². The number of amides is 2. The molecule has 0 bridgehead atoms. The van der Waals surface area contributed by atoms with E-state index in [1.807, 2.05) is 25.1 Å². The fourth-order valence-electron chi connectivity index (χ4n) is 2.18. The van der Waals surface area contributed by atoms with Gasteiger partial charge in [0.15, 0.2) is 0 Å². The molecular formula is C17H28N2O3. The van der Waals surface area contributed by atoms with E-state index in [2.05, 4.69) is 31.4 Å². The molecule has 1 rings (SSSR count). The maximum atomic E-state index is 12.0. The summed E-state index contributed by atoms with van der Waals surface area (Å²) in [6, 6.07) is 5.05. The number of hydrogen-bond acceptors (Lipinski definition) is 3. The maximum absolute atomic E-state index is 12.0. The fourth-order valence-corrected chi connectivity index (χ4v) is 2.18. The number of ether oxygens (including phenoxy) is 1. The summed E-state index contributed by atoms with van der Waals surface area (Å²) >= 11 is 0. The zero-order valence-electron chi connectivity index (χ0n) is 14.0. The van der Waals surface area contributed by atoms with Crippen LogP contribution in [0, 0.1) is 12.8 Å². The van der Waals surface area contributed by atoms with E-state index in [1.165, 1.54) is 0 Å². The summed E-state index contributed by atoms with van der Waals surface area (Å²) in [6.45, 7) is 8.71. The Bertz CT molecular complexity index is 475. The third-order valence-electron chi connectivity index (χ3n) is 3.23. The Morgan fingerprint density at radius 3 is 2.64 bits per heavy atom. The normalized spacial score (nSPS) is 12.1. The van der Waals surface area contributed by atoms with Crippen LogP contribution in [0.25, 0.3) is 0 Å². The first-order valence-electron chi connectivity index (χ1n) is 7.88. The van der Waals surface area contributed by atoms with Gasteiger partial charge < -0.3 is 20.5 Å². The van der Waals surface area contributed by atoms with E-state index >= 15 is 0 Å². The highest BCUT2D eigenvalue weighted by Gasteiger charge is 2.13. The number of benzene rings is 1. The average Bonchev–Trinajstić information content (AvgIpc) is 2.46. The van der Waals surface area contributed by atoms with Crippen molar-refractivity contribution in [1.82, 2.24) is 5.32 Å². The maximum Gasteiger partial charge on any atom is 0.319 e. The van der Waals surface area contributed by atoms with Crippen molar-refractivity contribution in [3.8, 4) is 5.75 Å². The molecule has 124 valence electrons. The van der Waals surface area contributed by atoms with Gasteiger partial charge in [-0.1, -0.05) is 20.8 Å². The largest absolute Gasteiger partial charge is 0.494 e. The number of aryl methyl sites for hydroxylation is 1. The Labute approximate surface area is 133 Å². The molecule has 0 aromatic heterocycles. The van der Waals surface area contributed by atoms with Gasteiger partial charge in [-0.2, -0.15) is 0 Å². The Kier molecular flexibility index (Phi) is 7.74. The Morgan fingerprint density at radius 1 is 1.36 bits per heavy atom. The number of aliphatic hydroxyl groups is 1. The molecular weight excluding hydrogens is 280 g/mol. The quantitative estimate of drug-likeness (QED) is 0.690. The summed E-state index contributed by atoms with van der Waals surface area (Å²) in [5.74, 6) is 1.22. The van der Waals surface area contributed by atoms with Gasteiger partial charge in [0.05, 0.1) is 19.3 Å². The first-order chi connectivity index (χ1) is 10.5. The highest BCUT2D eigenvalue weighted by atomic mass is 16.5. The number of carbonyl (C=O) groups is 1. The van der Waals surface area contributed by atoms with Crippen LogP contribution in [-0.2, 0) is 0 Å². The molecule has 0 aliphatic carbocycles. The summed E-state index contributed by atoms with van der Waals surface area (Å²) in [7, 11) is 0. The number of nitrogens with one attached hydrogen (secondary N) is 2. The van der Waals surface area contributed by atoms with Crippen LogP contribution in [-0.4, -0.2) is 30.4 Å². The van der Waals surface area contributed by atoms with Crippen LogP contribution < -0.4 is 15.4 Å². The lowest BCUT2D eigenvalue weighted by Gasteiger charge is -2.19. The van der Waals surface area contributed by atoms with Crippen molar-refractivity contribution in [1.29, 1.82) is 0 Å². The summed E-state index contributed by atoms with van der Waals surface area (Å²) in [5.41, 5.74) is 1.68. The van der Waals surface area contributed by atoms with E-state index in [0.29, 0.717) is 12.5 Å². The van der Waals surface area contributed by atoms with E-state index < -0.39 is 0 Å². The van der Waals surface area contributed by atoms with E-state index in [4.69, 9.17) is 4.74 Å². The molecule has 0 saturated heterocycles. The van der Waals surface area contributed by atoms with E-state index in [1.54, 1.807) is 0 Å². The smallest absolute Gasteiger partial charge is 0.319 e. The van der Waals surface area contributed by atoms with Crippen LogP contribution in [0.15, 0.2) is 18.2 Å². The highest BCUT2D eigenvalue weighted by Crippen LogP contribution is 2.21. The number of aliphatic hydroxyl groups excluding tert-OH is 1. The zero-order valence-corrected chi connectivity index (χ0v) is 14.0. The Hall–Kier alpha value is -1.75. The number of hydrogen-bond donors (Lipinski definition) is 3. The van der Waals surface area contributed by atoms with Gasteiger partial charge in [0.1, 0.15) is 5.75 Å². The molecule has 0 aliphatic heterocycles. The molecule has 0 fully saturated rings. The molecule has 1 unspecified atom stereocenters. The highest BCUT2D eigenvalue weighted by molar-refractivity contribution is 5.90. The molecule has 0 radical (unpaired) electrons. The van der Waals surface area contributed by atoms with Gasteiger partial charge in [0, 0.05) is 5.69 Å². The van der Waals surface area contributed by atoms with Crippen molar-refractivity contribution < 1.29 is 14.6 Å². The molecule has 5 nitrogen and oxygen atoms in total. The lowest BCUT2D eigenvalue weighted by atomic mass is 10.0. The minimum Gasteiger partial charge on any atom is -0.494 e. The lowest BCUT2D eigenvalue weighted by Crippen LogP contribution is -2.41. The molecule has 2 amide bonds. The topological polar surface area (TPSA) is 70.6 Å². The molecule has 0 aliphatic rings. The van der Waals surface area contributed by atoms with Crippen LogP contribution in [0.4, 0.5) is 10.5 Å². The summed E-state index contributed by atoms with van der Waals surface area (Å²) in [5, 5.41) is 14.9. The molecule has 0 heterocycles. The van der Waals surface area contributed by atoms with E-state index in [-0.39, 0.29) is 18.7 Å². The standard InChI is InChI=1S/C17H28N2O3/c1-5-8-22-15-6-7-16(13(4)10-15)19-17(21)18-14(11-20)9-12(2)3/h6-7,10,12,14,20H,5,8-9,11H2,1-4H3,(H2,18,19,21). The summed E-state index contributed by atoms with van der Waals surface area (Å²) < 4.78 is 5.56. The third kappa shape index (κ3) is 6.35. The van der Waals surface area contributed by atoms with Gasteiger partial charge in [0.2, 0.25) is 0 Å². The predicted molar refractivity (Wildman–Crippen MR) is 89.4 cm³/mol. The number of anilines is 1. The first kappa shape index (κ1) is 18.3. The second kappa shape index (κ2) is 9.30. The van der Waals surface area contributed by atoms with E-state index in [0.717, 1.165) is 29.8 Å². The summed E-state index contributed by atoms with van der Waals surface area (Å²) in [4.78, 5) is 12.0. The lowest BCUT2D eigenvalue weighted by molar-refractivity contribution is 0.214. The molecule has 5 heteroatoms. The Morgan fingerprint density at radius 2 is 2.09 bits per heavy atom. The number of carbonyl (C=O) groups excluding carboxylic acids is 1. The number of rotatable bonds is 8. The molecule has 3 N–H and O–H groups in total. The van der Waals surface area contributed by atoms with Gasteiger partial charge in [-0.25, -0.2) is 4.79 Å². The molecule has 1 atom stereocenters. The molecule has 0 saturated carbocycles. The second-order valence-electron chi connectivity index (χ2n) is 5.93. The van der Waals surface area contributed by atoms with Crippen LogP contribution in [0.1, 0.15) is 39.2 Å². The van der Waals surface area contributed by atoms with Gasteiger partial charge in [-0.15, -0.1) is 0 Å². The SMILES string of the molecule is CCCOc1ccc(NC(=O)NC(CO)CC(C)C)c(C)c1. The predicted octanol–water partition coefficient (Wildman–Crippen LogP) is 3.31. The second-order valence-corrected chi connectivity index (χ2v) is 5.93. The molecule has 0 spiro atoms. The van der Waals surface area contributed by atoms with E-state index in [9.17, 15) is 9.90 Å². The van der Waals surface area contributed by atoms with Crippen LogP contribution in [0.2, 0.25) is 0 Å². The van der Waals surface area contributed by atoms with Crippen molar-refractivity contribution in [2.45, 2.75) is 46.6 Å². The monoisotopic (exact) mass is 308 g/mol. The minimum absolute atomic E-state index is 0.0611. The van der Waals surface area contributed by atoms with Crippen molar-refractivity contribution in [3.05, 3.63) is 23.8 Å². The first-order valence-corrected chi connectivity index (χ1v) is 7.88.